The van der Waals surface area contributed by atoms with Gasteiger partial charge in [0.1, 0.15) is 5.75 Å². The van der Waals surface area contributed by atoms with Crippen molar-refractivity contribution >= 4 is 23.5 Å². The van der Waals surface area contributed by atoms with Crippen LogP contribution in [0.15, 0.2) is 48.5 Å². The molecule has 0 aliphatic rings. The van der Waals surface area contributed by atoms with Crippen LogP contribution in [0, 0.1) is 0 Å². The fourth-order valence-electron chi connectivity index (χ4n) is 2.17. The molecule has 1 amide bonds. The highest BCUT2D eigenvalue weighted by Crippen LogP contribution is 2.30. The molecule has 0 heterocycles. The van der Waals surface area contributed by atoms with E-state index in [4.69, 9.17) is 21.1 Å². The van der Waals surface area contributed by atoms with Gasteiger partial charge in [0.05, 0.1) is 5.02 Å². The number of ether oxygens (including phenoxy) is 2. The summed E-state index contributed by atoms with van der Waals surface area (Å²) in [7, 11) is 0. The Morgan fingerprint density at radius 3 is 2.46 bits per heavy atom. The average Bonchev–Trinajstić information content (AvgIpc) is 2.66. The van der Waals surface area contributed by atoms with E-state index in [1.807, 2.05) is 50.2 Å². The van der Waals surface area contributed by atoms with E-state index in [1.165, 1.54) is 0 Å². The van der Waals surface area contributed by atoms with E-state index in [2.05, 4.69) is 5.32 Å². The molecule has 1 N–H and O–H groups in total. The lowest BCUT2D eigenvalue weighted by Gasteiger charge is -2.12. The number of carbonyl (C=O) groups is 2. The molecule has 0 aliphatic carbocycles. The summed E-state index contributed by atoms with van der Waals surface area (Å²) in [6.45, 7) is 3.19. The maximum Gasteiger partial charge on any atom is 0.344 e. The third kappa shape index (κ3) is 6.08. The molecule has 0 radical (unpaired) electrons. The first kappa shape index (κ1) is 19.8. The Bertz CT molecular complexity index is 749. The fourth-order valence-corrected chi connectivity index (χ4v) is 2.41. The predicted molar refractivity (Wildman–Crippen MR) is 101 cm³/mol. The van der Waals surface area contributed by atoms with Crippen LogP contribution >= 0.6 is 11.6 Å². The lowest BCUT2D eigenvalue weighted by Crippen LogP contribution is -2.35. The Morgan fingerprint density at radius 2 is 1.81 bits per heavy atom. The summed E-state index contributed by atoms with van der Waals surface area (Å²) in [5.74, 6) is -0.585. The number of carbonyl (C=O) groups excluding carboxylic acids is 2. The Hall–Kier alpha value is -2.53. The average molecular weight is 376 g/mol. The van der Waals surface area contributed by atoms with Crippen LogP contribution in [0.25, 0.3) is 11.1 Å². The molecule has 1 atom stereocenters. The Labute approximate surface area is 158 Å². The molecular weight excluding hydrogens is 354 g/mol. The molecule has 138 valence electrons. The van der Waals surface area contributed by atoms with Gasteiger partial charge in [0.2, 0.25) is 0 Å². The molecule has 0 unspecified atom stereocenters. The maximum absolute atomic E-state index is 11.7. The maximum atomic E-state index is 11.7. The topological polar surface area (TPSA) is 64.6 Å². The van der Waals surface area contributed by atoms with Crippen molar-refractivity contribution in [3.8, 4) is 16.9 Å². The van der Waals surface area contributed by atoms with E-state index < -0.39 is 5.97 Å². The second kappa shape index (κ2) is 9.82. The number of amides is 1. The van der Waals surface area contributed by atoms with Crippen molar-refractivity contribution in [1.29, 1.82) is 0 Å². The normalized spacial score (nSPS) is 11.5. The van der Waals surface area contributed by atoms with Crippen LogP contribution in [-0.2, 0) is 14.3 Å². The number of rotatable bonds is 8. The standard InChI is InChI=1S/C20H22ClNO4/c1-3-14(2)22-19(23)12-26-20(24)13-25-18-10-9-16(11-17(18)21)15-7-5-4-6-8-15/h4-11,14H,3,12-13H2,1-2H3,(H,22,23)/t14-/m0/s1. The molecule has 5 nitrogen and oxygen atoms in total. The molecule has 0 bridgehead atoms. The van der Waals surface area contributed by atoms with Crippen molar-refractivity contribution in [3.63, 3.8) is 0 Å². The SMILES string of the molecule is CC[C@H](C)NC(=O)COC(=O)COc1ccc(-c2ccccc2)cc1Cl. The van der Waals surface area contributed by atoms with Gasteiger partial charge in [-0.05, 0) is 36.6 Å². The zero-order valence-electron chi connectivity index (χ0n) is 14.8. The third-order valence-corrected chi connectivity index (χ3v) is 4.06. The van der Waals surface area contributed by atoms with Crippen molar-refractivity contribution in [2.24, 2.45) is 0 Å². The van der Waals surface area contributed by atoms with Gasteiger partial charge in [-0.3, -0.25) is 4.79 Å². The van der Waals surface area contributed by atoms with Gasteiger partial charge >= 0.3 is 5.97 Å². The van der Waals surface area contributed by atoms with Crippen LogP contribution in [0.4, 0.5) is 0 Å². The molecular formula is C20H22ClNO4. The number of halogens is 1. The van der Waals surface area contributed by atoms with E-state index in [-0.39, 0.29) is 25.2 Å². The van der Waals surface area contributed by atoms with Crippen molar-refractivity contribution in [1.82, 2.24) is 5.32 Å². The van der Waals surface area contributed by atoms with Crippen LogP contribution in [0.5, 0.6) is 5.75 Å². The summed E-state index contributed by atoms with van der Waals surface area (Å²) in [5.41, 5.74) is 1.99. The van der Waals surface area contributed by atoms with Gasteiger partial charge in [-0.25, -0.2) is 4.79 Å². The molecule has 0 saturated heterocycles. The molecule has 2 aromatic carbocycles. The molecule has 26 heavy (non-hydrogen) atoms. The largest absolute Gasteiger partial charge is 0.480 e. The number of benzene rings is 2. The number of esters is 1. The minimum absolute atomic E-state index is 0.0411. The zero-order valence-corrected chi connectivity index (χ0v) is 15.6. The van der Waals surface area contributed by atoms with Crippen LogP contribution in [0.3, 0.4) is 0 Å². The first-order valence-corrected chi connectivity index (χ1v) is 8.80. The molecule has 2 aromatic rings. The van der Waals surface area contributed by atoms with Crippen LogP contribution in [0.1, 0.15) is 20.3 Å². The predicted octanol–water partition coefficient (Wildman–Crippen LogP) is 3.84. The Balaban J connectivity index is 1.84. The van der Waals surface area contributed by atoms with E-state index in [1.54, 1.807) is 12.1 Å². The first-order chi connectivity index (χ1) is 12.5. The number of nitrogens with one attached hydrogen (secondary N) is 1. The van der Waals surface area contributed by atoms with Crippen LogP contribution < -0.4 is 10.1 Å². The molecule has 2 rings (SSSR count). The van der Waals surface area contributed by atoms with Gasteiger partial charge in [-0.2, -0.15) is 0 Å². The summed E-state index contributed by atoms with van der Waals surface area (Å²) in [5, 5.41) is 3.11. The quantitative estimate of drug-likeness (QED) is 0.712. The van der Waals surface area contributed by atoms with Gasteiger partial charge in [0.15, 0.2) is 13.2 Å². The summed E-state index contributed by atoms with van der Waals surface area (Å²) < 4.78 is 10.3. The Morgan fingerprint density at radius 1 is 1.08 bits per heavy atom. The molecule has 0 spiro atoms. The van der Waals surface area contributed by atoms with Crippen LogP contribution in [0.2, 0.25) is 5.02 Å². The number of hydrogen-bond donors (Lipinski definition) is 1. The summed E-state index contributed by atoms with van der Waals surface area (Å²) >= 11 is 6.22. The highest BCUT2D eigenvalue weighted by molar-refractivity contribution is 6.32. The fraction of sp³-hybridized carbons (Fsp3) is 0.300. The van der Waals surface area contributed by atoms with Gasteiger partial charge in [0.25, 0.3) is 5.91 Å². The lowest BCUT2D eigenvalue weighted by atomic mass is 10.1. The highest BCUT2D eigenvalue weighted by atomic mass is 35.5. The van der Waals surface area contributed by atoms with E-state index in [9.17, 15) is 9.59 Å². The zero-order chi connectivity index (χ0) is 18.9. The summed E-state index contributed by atoms with van der Waals surface area (Å²) in [6, 6.07) is 15.2. The molecule has 0 fully saturated rings. The van der Waals surface area contributed by atoms with Crippen molar-refractivity contribution in [2.75, 3.05) is 13.2 Å². The van der Waals surface area contributed by atoms with E-state index >= 15 is 0 Å². The molecule has 0 saturated carbocycles. The van der Waals surface area contributed by atoms with Crippen molar-refractivity contribution < 1.29 is 19.1 Å². The second-order valence-corrected chi connectivity index (χ2v) is 6.24. The highest BCUT2D eigenvalue weighted by Gasteiger charge is 2.11. The smallest absolute Gasteiger partial charge is 0.344 e. The molecule has 6 heteroatoms. The van der Waals surface area contributed by atoms with Gasteiger partial charge in [-0.1, -0.05) is 54.9 Å². The van der Waals surface area contributed by atoms with Crippen molar-refractivity contribution in [2.45, 2.75) is 26.3 Å². The van der Waals surface area contributed by atoms with Gasteiger partial charge in [-0.15, -0.1) is 0 Å². The van der Waals surface area contributed by atoms with Crippen molar-refractivity contribution in [3.05, 3.63) is 53.6 Å². The lowest BCUT2D eigenvalue weighted by molar-refractivity contribution is -0.150. The summed E-state index contributed by atoms with van der Waals surface area (Å²) in [4.78, 5) is 23.3. The minimum atomic E-state index is -0.632. The van der Waals surface area contributed by atoms with Gasteiger partial charge < -0.3 is 14.8 Å². The van der Waals surface area contributed by atoms with Gasteiger partial charge in [0, 0.05) is 6.04 Å². The minimum Gasteiger partial charge on any atom is -0.480 e. The molecule has 0 aromatic heterocycles. The molecule has 0 aliphatic heterocycles. The monoisotopic (exact) mass is 375 g/mol. The summed E-state index contributed by atoms with van der Waals surface area (Å²) in [6.07, 6.45) is 0.806. The third-order valence-electron chi connectivity index (χ3n) is 3.77. The first-order valence-electron chi connectivity index (χ1n) is 8.42. The Kier molecular flexibility index (Phi) is 7.48. The van der Waals surface area contributed by atoms with E-state index in [0.717, 1.165) is 17.5 Å². The second-order valence-electron chi connectivity index (χ2n) is 5.84. The van der Waals surface area contributed by atoms with Crippen LogP contribution in [-0.4, -0.2) is 31.1 Å². The van der Waals surface area contributed by atoms with E-state index in [0.29, 0.717) is 10.8 Å². The number of hydrogen-bond acceptors (Lipinski definition) is 4.